The summed E-state index contributed by atoms with van der Waals surface area (Å²) in [6, 6.07) is 0.756. The molecule has 0 radical (unpaired) electrons. The average Bonchev–Trinajstić information content (AvgIpc) is 2.68. The van der Waals surface area contributed by atoms with Crippen LogP contribution in [0, 0.1) is 5.92 Å². The minimum absolute atomic E-state index is 0.756. The van der Waals surface area contributed by atoms with Crippen LogP contribution in [0.5, 0.6) is 0 Å². The molecular weight excluding hydrogens is 258 g/mol. The van der Waals surface area contributed by atoms with E-state index >= 15 is 0 Å². The maximum Gasteiger partial charge on any atom is 0.0109 e. The van der Waals surface area contributed by atoms with Crippen molar-refractivity contribution in [2.45, 2.75) is 64.8 Å². The molecule has 3 heteroatoms. The number of nitrogens with one attached hydrogen (secondary N) is 1. The van der Waals surface area contributed by atoms with Crippen molar-refractivity contribution in [1.29, 1.82) is 0 Å². The Bertz CT molecular complexity index is 243. The first-order valence-corrected chi connectivity index (χ1v) is 9.27. The maximum atomic E-state index is 3.84. The van der Waals surface area contributed by atoms with E-state index in [1.54, 1.807) is 0 Å². The number of likely N-dealkylation sites (N-methyl/N-ethyl adjacent to an activating group) is 1. The molecule has 0 aliphatic heterocycles. The van der Waals surface area contributed by atoms with Crippen LogP contribution in [0.2, 0.25) is 0 Å². The monoisotopic (exact) mass is 297 g/mol. The minimum Gasteiger partial charge on any atom is -0.314 e. The molecule has 0 heterocycles. The molecule has 2 unspecified atom stereocenters. The molecule has 1 aliphatic rings. The van der Waals surface area contributed by atoms with Crippen molar-refractivity contribution in [3.63, 3.8) is 0 Å². The van der Waals surface area contributed by atoms with Crippen LogP contribution in [0.3, 0.4) is 0 Å². The van der Waals surface area contributed by atoms with Crippen LogP contribution in [-0.2, 0) is 0 Å². The lowest BCUT2D eigenvalue weighted by Gasteiger charge is -2.32. The lowest BCUT2D eigenvalue weighted by molar-refractivity contribution is 0.180. The quantitative estimate of drug-likeness (QED) is 0.625. The lowest BCUT2D eigenvalue weighted by Crippen LogP contribution is -2.44. The molecule has 3 nitrogen and oxygen atoms in total. The number of hydrogen-bond donors (Lipinski definition) is 1. The van der Waals surface area contributed by atoms with Crippen LogP contribution in [0.25, 0.3) is 0 Å². The van der Waals surface area contributed by atoms with Crippen LogP contribution in [0.1, 0.15) is 58.8 Å². The topological polar surface area (TPSA) is 18.5 Å². The van der Waals surface area contributed by atoms with Crippen molar-refractivity contribution in [2.75, 3.05) is 46.8 Å². The van der Waals surface area contributed by atoms with Crippen molar-refractivity contribution in [3.8, 4) is 0 Å². The van der Waals surface area contributed by atoms with E-state index in [1.165, 1.54) is 77.7 Å². The standard InChI is InChI=1S/C18H39N3/c1-5-12-19-18-11-9-7-8-10-17(18)16-21(13-6-2)15-14-20(3)4/h17-19H,5-16H2,1-4H3. The molecule has 1 aliphatic carbocycles. The van der Waals surface area contributed by atoms with E-state index in [1.807, 2.05) is 0 Å². The largest absolute Gasteiger partial charge is 0.314 e. The first-order valence-electron chi connectivity index (χ1n) is 9.27. The molecule has 0 aromatic carbocycles. The average molecular weight is 298 g/mol. The SMILES string of the molecule is CCCNC1CCCCCC1CN(CCC)CCN(C)C. The Kier molecular flexibility index (Phi) is 10.3. The van der Waals surface area contributed by atoms with Gasteiger partial charge in [-0.05, 0) is 58.8 Å². The second-order valence-corrected chi connectivity index (χ2v) is 7.06. The Hall–Kier alpha value is -0.120. The Morgan fingerprint density at radius 3 is 2.33 bits per heavy atom. The van der Waals surface area contributed by atoms with E-state index in [0.29, 0.717) is 0 Å². The molecule has 0 amide bonds. The van der Waals surface area contributed by atoms with Gasteiger partial charge in [0.15, 0.2) is 0 Å². The van der Waals surface area contributed by atoms with Gasteiger partial charge < -0.3 is 15.1 Å². The van der Waals surface area contributed by atoms with E-state index < -0.39 is 0 Å². The summed E-state index contributed by atoms with van der Waals surface area (Å²) in [6.45, 7) is 10.7. The summed E-state index contributed by atoms with van der Waals surface area (Å²) >= 11 is 0. The van der Waals surface area contributed by atoms with E-state index in [-0.39, 0.29) is 0 Å². The van der Waals surface area contributed by atoms with E-state index in [0.717, 1.165) is 12.0 Å². The van der Waals surface area contributed by atoms with Gasteiger partial charge >= 0.3 is 0 Å². The zero-order chi connectivity index (χ0) is 15.5. The summed E-state index contributed by atoms with van der Waals surface area (Å²) in [5, 5.41) is 3.84. The fraction of sp³-hybridized carbons (Fsp3) is 1.00. The highest BCUT2D eigenvalue weighted by atomic mass is 15.2. The van der Waals surface area contributed by atoms with Crippen molar-refractivity contribution in [3.05, 3.63) is 0 Å². The smallest absolute Gasteiger partial charge is 0.0109 e. The van der Waals surface area contributed by atoms with Gasteiger partial charge in [-0.3, -0.25) is 0 Å². The maximum absolute atomic E-state index is 3.84. The Morgan fingerprint density at radius 2 is 1.67 bits per heavy atom. The zero-order valence-corrected chi connectivity index (χ0v) is 15.0. The van der Waals surface area contributed by atoms with Gasteiger partial charge in [-0.1, -0.05) is 33.1 Å². The molecule has 1 saturated carbocycles. The molecule has 0 aromatic rings. The predicted molar refractivity (Wildman–Crippen MR) is 93.9 cm³/mol. The van der Waals surface area contributed by atoms with E-state index in [2.05, 4.69) is 43.1 Å². The summed E-state index contributed by atoms with van der Waals surface area (Å²) in [4.78, 5) is 5.01. The van der Waals surface area contributed by atoms with E-state index in [4.69, 9.17) is 0 Å². The number of rotatable bonds is 10. The summed E-state index contributed by atoms with van der Waals surface area (Å²) < 4.78 is 0. The highest BCUT2D eigenvalue weighted by Crippen LogP contribution is 2.24. The fourth-order valence-electron chi connectivity index (χ4n) is 3.49. The molecule has 0 bridgehead atoms. The molecule has 1 N–H and O–H groups in total. The first-order chi connectivity index (χ1) is 10.2. The van der Waals surface area contributed by atoms with Crippen LogP contribution in [-0.4, -0.2) is 62.7 Å². The molecule has 0 aromatic heterocycles. The van der Waals surface area contributed by atoms with Crippen molar-refractivity contribution in [1.82, 2.24) is 15.1 Å². The van der Waals surface area contributed by atoms with Gasteiger partial charge in [-0.25, -0.2) is 0 Å². The molecule has 21 heavy (non-hydrogen) atoms. The predicted octanol–water partition coefficient (Wildman–Crippen LogP) is 3.21. The zero-order valence-electron chi connectivity index (χ0n) is 15.0. The van der Waals surface area contributed by atoms with Crippen LogP contribution in [0.15, 0.2) is 0 Å². The fourth-order valence-corrected chi connectivity index (χ4v) is 3.49. The summed E-state index contributed by atoms with van der Waals surface area (Å²) in [6.07, 6.45) is 9.62. The minimum atomic E-state index is 0.756. The third kappa shape index (κ3) is 8.18. The first kappa shape index (κ1) is 18.9. The highest BCUT2D eigenvalue weighted by Gasteiger charge is 2.24. The van der Waals surface area contributed by atoms with Gasteiger partial charge in [-0.2, -0.15) is 0 Å². The van der Waals surface area contributed by atoms with Gasteiger partial charge in [0.25, 0.3) is 0 Å². The molecule has 2 atom stereocenters. The lowest BCUT2D eigenvalue weighted by atomic mass is 9.93. The molecule has 0 saturated heterocycles. The summed E-state index contributed by atoms with van der Waals surface area (Å²) in [5.41, 5.74) is 0. The second-order valence-electron chi connectivity index (χ2n) is 7.06. The van der Waals surface area contributed by atoms with Gasteiger partial charge in [-0.15, -0.1) is 0 Å². The van der Waals surface area contributed by atoms with Crippen molar-refractivity contribution in [2.24, 2.45) is 5.92 Å². The van der Waals surface area contributed by atoms with Crippen LogP contribution in [0.4, 0.5) is 0 Å². The Balaban J connectivity index is 2.53. The normalized spacial score (nSPS) is 23.7. The molecule has 1 fully saturated rings. The third-order valence-corrected chi connectivity index (χ3v) is 4.71. The van der Waals surface area contributed by atoms with Crippen molar-refractivity contribution < 1.29 is 0 Å². The van der Waals surface area contributed by atoms with Gasteiger partial charge in [0.1, 0.15) is 0 Å². The van der Waals surface area contributed by atoms with Crippen LogP contribution >= 0.6 is 0 Å². The van der Waals surface area contributed by atoms with E-state index in [9.17, 15) is 0 Å². The molecule has 0 spiro atoms. The highest BCUT2D eigenvalue weighted by molar-refractivity contribution is 4.82. The Morgan fingerprint density at radius 1 is 0.905 bits per heavy atom. The Labute approximate surface area is 133 Å². The van der Waals surface area contributed by atoms with Gasteiger partial charge in [0, 0.05) is 25.7 Å². The third-order valence-electron chi connectivity index (χ3n) is 4.71. The number of hydrogen-bond acceptors (Lipinski definition) is 3. The molecule has 126 valence electrons. The summed E-state index contributed by atoms with van der Waals surface area (Å²) in [7, 11) is 4.36. The summed E-state index contributed by atoms with van der Waals surface area (Å²) in [5.74, 6) is 0.854. The van der Waals surface area contributed by atoms with Crippen molar-refractivity contribution >= 4 is 0 Å². The van der Waals surface area contributed by atoms with Gasteiger partial charge in [0.2, 0.25) is 0 Å². The number of nitrogens with zero attached hydrogens (tertiary/aromatic N) is 2. The molecular formula is C18H39N3. The van der Waals surface area contributed by atoms with Crippen LogP contribution < -0.4 is 5.32 Å². The van der Waals surface area contributed by atoms with Gasteiger partial charge in [0.05, 0.1) is 0 Å². The molecule has 1 rings (SSSR count). The second kappa shape index (κ2) is 11.4.